The van der Waals surface area contributed by atoms with Crippen LogP contribution in [0.5, 0.6) is 5.75 Å². The first kappa shape index (κ1) is 13.5. The van der Waals surface area contributed by atoms with Crippen LogP contribution in [0.15, 0.2) is 23.6 Å². The van der Waals surface area contributed by atoms with Gasteiger partial charge in [-0.15, -0.1) is 11.3 Å². The summed E-state index contributed by atoms with van der Waals surface area (Å²) in [4.78, 5) is 16.1. The van der Waals surface area contributed by atoms with Gasteiger partial charge in [0.1, 0.15) is 11.6 Å². The van der Waals surface area contributed by atoms with Gasteiger partial charge in [-0.3, -0.25) is 10.1 Å². The Kier molecular flexibility index (Phi) is 3.80. The zero-order valence-electron chi connectivity index (χ0n) is 10.5. The lowest BCUT2D eigenvalue weighted by Crippen LogP contribution is -2.13. The van der Waals surface area contributed by atoms with Gasteiger partial charge in [-0.1, -0.05) is 13.8 Å². The molecule has 1 aromatic heterocycles. The summed E-state index contributed by atoms with van der Waals surface area (Å²) in [5.41, 5.74) is 0.755. The third-order valence-electron chi connectivity index (χ3n) is 2.53. The van der Waals surface area contributed by atoms with E-state index in [-0.39, 0.29) is 17.2 Å². The number of hydrogen-bond donors (Lipinski definition) is 2. The van der Waals surface area contributed by atoms with Crippen LogP contribution in [-0.2, 0) is 0 Å². The zero-order chi connectivity index (χ0) is 14.0. The normalized spacial score (nSPS) is 10.7. The average molecular weight is 280 g/mol. The highest BCUT2D eigenvalue weighted by atomic mass is 32.1. The number of aromatic hydroxyl groups is 1. The van der Waals surface area contributed by atoms with Gasteiger partial charge in [-0.05, 0) is 18.1 Å². The van der Waals surface area contributed by atoms with Gasteiger partial charge in [0.05, 0.1) is 11.3 Å². The van der Waals surface area contributed by atoms with Crippen molar-refractivity contribution in [3.8, 4) is 5.75 Å². The van der Waals surface area contributed by atoms with Crippen LogP contribution >= 0.6 is 11.3 Å². The lowest BCUT2D eigenvalue weighted by Gasteiger charge is -2.03. The second-order valence-corrected chi connectivity index (χ2v) is 5.21. The van der Waals surface area contributed by atoms with E-state index in [0.717, 1.165) is 11.8 Å². The number of anilines is 1. The van der Waals surface area contributed by atoms with E-state index >= 15 is 0 Å². The Morgan fingerprint density at radius 1 is 1.47 bits per heavy atom. The summed E-state index contributed by atoms with van der Waals surface area (Å²) in [7, 11) is 0. The molecule has 0 aliphatic heterocycles. The minimum absolute atomic E-state index is 0.126. The fourth-order valence-electron chi connectivity index (χ4n) is 1.46. The van der Waals surface area contributed by atoms with Crippen molar-refractivity contribution in [1.29, 1.82) is 0 Å². The Bertz CT molecular complexity index is 610. The summed E-state index contributed by atoms with van der Waals surface area (Å²) in [6.07, 6.45) is 0. The Morgan fingerprint density at radius 3 is 2.79 bits per heavy atom. The van der Waals surface area contributed by atoms with E-state index in [4.69, 9.17) is 5.11 Å². The van der Waals surface area contributed by atoms with Crippen molar-refractivity contribution in [3.63, 3.8) is 0 Å². The third-order valence-corrected chi connectivity index (χ3v) is 3.31. The van der Waals surface area contributed by atoms with Crippen molar-refractivity contribution < 1.29 is 14.3 Å². The lowest BCUT2D eigenvalue weighted by atomic mass is 10.2. The monoisotopic (exact) mass is 280 g/mol. The minimum atomic E-state index is -0.766. The molecule has 1 heterocycles. The van der Waals surface area contributed by atoms with Crippen LogP contribution in [0.4, 0.5) is 9.52 Å². The highest BCUT2D eigenvalue weighted by Gasteiger charge is 2.14. The van der Waals surface area contributed by atoms with Gasteiger partial charge < -0.3 is 5.11 Å². The van der Waals surface area contributed by atoms with E-state index in [0.29, 0.717) is 5.13 Å². The number of thiazole rings is 1. The van der Waals surface area contributed by atoms with Gasteiger partial charge in [0.15, 0.2) is 5.13 Å². The highest BCUT2D eigenvalue weighted by Crippen LogP contribution is 2.22. The van der Waals surface area contributed by atoms with Gasteiger partial charge in [0.2, 0.25) is 0 Å². The number of amides is 1. The topological polar surface area (TPSA) is 62.2 Å². The van der Waals surface area contributed by atoms with Crippen LogP contribution in [0.3, 0.4) is 0 Å². The van der Waals surface area contributed by atoms with E-state index in [9.17, 15) is 9.18 Å². The maximum atomic E-state index is 13.5. The second kappa shape index (κ2) is 5.36. The maximum absolute atomic E-state index is 13.5. The number of nitrogens with zero attached hydrogens (tertiary/aromatic N) is 1. The Hall–Kier alpha value is -1.95. The smallest absolute Gasteiger partial charge is 0.260 e. The molecule has 0 unspecified atom stereocenters. The zero-order valence-corrected chi connectivity index (χ0v) is 11.3. The number of rotatable bonds is 3. The quantitative estimate of drug-likeness (QED) is 0.906. The van der Waals surface area contributed by atoms with Crippen molar-refractivity contribution in [1.82, 2.24) is 4.98 Å². The number of carbonyl (C=O) groups is 1. The minimum Gasteiger partial charge on any atom is -0.508 e. The number of phenolic OH excluding ortho intramolecular Hbond substituents is 1. The molecule has 2 aromatic rings. The molecule has 0 aliphatic carbocycles. The number of carbonyl (C=O) groups excluding carboxylic acids is 1. The first-order valence-electron chi connectivity index (χ1n) is 5.72. The number of phenols is 1. The molecule has 0 bridgehead atoms. The van der Waals surface area contributed by atoms with Gasteiger partial charge in [-0.25, -0.2) is 9.37 Å². The molecule has 2 N–H and O–H groups in total. The predicted molar refractivity (Wildman–Crippen MR) is 72.2 cm³/mol. The Morgan fingerprint density at radius 2 is 2.21 bits per heavy atom. The van der Waals surface area contributed by atoms with Crippen LogP contribution in [0.1, 0.15) is 35.8 Å². The van der Waals surface area contributed by atoms with Crippen molar-refractivity contribution in [2.45, 2.75) is 19.8 Å². The molecule has 0 aliphatic rings. The molecular weight excluding hydrogens is 267 g/mol. The summed E-state index contributed by atoms with van der Waals surface area (Å²) >= 11 is 1.29. The van der Waals surface area contributed by atoms with E-state index in [1.807, 2.05) is 19.2 Å². The SMILES string of the molecule is CC(C)c1csc(NC(=O)c2ccc(O)cc2F)n1. The van der Waals surface area contributed by atoms with Crippen molar-refractivity contribution in [2.75, 3.05) is 5.32 Å². The number of aromatic nitrogens is 1. The van der Waals surface area contributed by atoms with Crippen LogP contribution in [0.25, 0.3) is 0 Å². The first-order chi connectivity index (χ1) is 8.97. The standard InChI is InChI=1S/C13H13FN2O2S/c1-7(2)11-6-19-13(15-11)16-12(18)9-4-3-8(17)5-10(9)14/h3-7,17H,1-2H3,(H,15,16,18). The molecule has 0 spiro atoms. The van der Waals surface area contributed by atoms with E-state index in [1.54, 1.807) is 0 Å². The molecule has 0 saturated carbocycles. The molecule has 1 aromatic carbocycles. The number of nitrogens with one attached hydrogen (secondary N) is 1. The number of halogens is 1. The van der Waals surface area contributed by atoms with Crippen LogP contribution in [0.2, 0.25) is 0 Å². The Balaban J connectivity index is 2.16. The highest BCUT2D eigenvalue weighted by molar-refractivity contribution is 7.14. The largest absolute Gasteiger partial charge is 0.508 e. The van der Waals surface area contributed by atoms with Crippen molar-refractivity contribution >= 4 is 22.4 Å². The van der Waals surface area contributed by atoms with Gasteiger partial charge in [0, 0.05) is 11.4 Å². The molecular formula is C13H13FN2O2S. The summed E-state index contributed by atoms with van der Waals surface area (Å²) in [5, 5.41) is 13.9. The molecule has 4 nitrogen and oxygen atoms in total. The van der Waals surface area contributed by atoms with E-state index < -0.39 is 11.7 Å². The molecule has 2 rings (SSSR count). The molecule has 0 atom stereocenters. The van der Waals surface area contributed by atoms with Crippen LogP contribution < -0.4 is 5.32 Å². The third kappa shape index (κ3) is 3.08. The predicted octanol–water partition coefficient (Wildman–Crippen LogP) is 3.36. The second-order valence-electron chi connectivity index (χ2n) is 4.35. The molecule has 0 radical (unpaired) electrons. The molecule has 1 amide bonds. The summed E-state index contributed by atoms with van der Waals surface area (Å²) in [6.45, 7) is 4.00. The average Bonchev–Trinajstić information content (AvgIpc) is 2.77. The molecule has 0 fully saturated rings. The molecule has 6 heteroatoms. The molecule has 100 valence electrons. The van der Waals surface area contributed by atoms with Crippen molar-refractivity contribution in [2.24, 2.45) is 0 Å². The Labute approximate surface area is 113 Å². The van der Waals surface area contributed by atoms with Crippen LogP contribution in [-0.4, -0.2) is 16.0 Å². The summed E-state index contributed by atoms with van der Waals surface area (Å²) in [6, 6.07) is 3.40. The molecule has 0 saturated heterocycles. The molecule has 19 heavy (non-hydrogen) atoms. The van der Waals surface area contributed by atoms with Gasteiger partial charge in [-0.2, -0.15) is 0 Å². The van der Waals surface area contributed by atoms with E-state index in [2.05, 4.69) is 10.3 Å². The maximum Gasteiger partial charge on any atom is 0.260 e. The summed E-state index contributed by atoms with van der Waals surface area (Å²) < 4.78 is 13.5. The van der Waals surface area contributed by atoms with Crippen molar-refractivity contribution in [3.05, 3.63) is 40.7 Å². The van der Waals surface area contributed by atoms with E-state index in [1.165, 1.54) is 23.5 Å². The first-order valence-corrected chi connectivity index (χ1v) is 6.60. The van der Waals surface area contributed by atoms with Crippen LogP contribution in [0, 0.1) is 5.82 Å². The lowest BCUT2D eigenvalue weighted by molar-refractivity contribution is 0.102. The van der Waals surface area contributed by atoms with Gasteiger partial charge >= 0.3 is 0 Å². The number of hydrogen-bond acceptors (Lipinski definition) is 4. The van der Waals surface area contributed by atoms with Gasteiger partial charge in [0.25, 0.3) is 5.91 Å². The summed E-state index contributed by atoms with van der Waals surface area (Å²) in [5.74, 6) is -1.29. The fourth-order valence-corrected chi connectivity index (χ4v) is 2.33. The number of benzene rings is 1. The fraction of sp³-hybridized carbons (Fsp3) is 0.231.